The summed E-state index contributed by atoms with van der Waals surface area (Å²) in [6, 6.07) is 4.38. The summed E-state index contributed by atoms with van der Waals surface area (Å²) in [5, 5.41) is 15.5. The van der Waals surface area contributed by atoms with Crippen LogP contribution in [0.15, 0.2) is 22.9 Å². The van der Waals surface area contributed by atoms with E-state index in [4.69, 9.17) is 4.52 Å². The average molecular weight is 288 g/mol. The lowest BCUT2D eigenvalue weighted by atomic mass is 10.2. The molecule has 1 fully saturated rings. The van der Waals surface area contributed by atoms with Gasteiger partial charge in [0.25, 0.3) is 0 Å². The Hall–Kier alpha value is -2.02. The lowest BCUT2D eigenvalue weighted by Crippen LogP contribution is -2.38. The molecule has 1 aliphatic rings. The number of aryl methyl sites for hydroxylation is 1. The maximum absolute atomic E-state index is 5.10. The van der Waals surface area contributed by atoms with Gasteiger partial charge in [-0.2, -0.15) is 10.1 Å². The summed E-state index contributed by atoms with van der Waals surface area (Å²) >= 11 is 0. The van der Waals surface area contributed by atoms with Crippen LogP contribution < -0.4 is 10.2 Å². The van der Waals surface area contributed by atoms with Crippen LogP contribution in [0.1, 0.15) is 31.5 Å². The fourth-order valence-corrected chi connectivity index (χ4v) is 2.65. The van der Waals surface area contributed by atoms with Gasteiger partial charge in [-0.25, -0.2) is 0 Å². The Labute approximate surface area is 123 Å². The van der Waals surface area contributed by atoms with Crippen molar-refractivity contribution in [2.45, 2.75) is 38.8 Å². The van der Waals surface area contributed by atoms with Crippen LogP contribution >= 0.6 is 0 Å². The maximum Gasteiger partial charge on any atom is 0.226 e. The van der Waals surface area contributed by atoms with Gasteiger partial charge in [0.2, 0.25) is 5.89 Å². The monoisotopic (exact) mass is 288 g/mol. The number of anilines is 1. The summed E-state index contributed by atoms with van der Waals surface area (Å²) in [6.07, 6.45) is 4.83. The standard InChI is InChI=1S/C14H20N6O/c1-2-14-17-12(19-21-14)10-15-9-11-5-4-8-20(11)13-6-3-7-16-18-13/h3,6-7,11,15H,2,4-5,8-10H2,1H3/t11-/m1/s1. The molecule has 0 unspecified atom stereocenters. The summed E-state index contributed by atoms with van der Waals surface area (Å²) in [5.41, 5.74) is 0. The van der Waals surface area contributed by atoms with Gasteiger partial charge in [-0.05, 0) is 25.0 Å². The molecular weight excluding hydrogens is 268 g/mol. The first kappa shape index (κ1) is 13.9. The van der Waals surface area contributed by atoms with Crippen LogP contribution in [0.4, 0.5) is 5.82 Å². The predicted octanol–water partition coefficient (Wildman–Crippen LogP) is 1.18. The summed E-state index contributed by atoms with van der Waals surface area (Å²) in [6.45, 7) is 4.55. The summed E-state index contributed by atoms with van der Waals surface area (Å²) < 4.78 is 5.10. The van der Waals surface area contributed by atoms with Gasteiger partial charge in [0, 0.05) is 31.7 Å². The molecule has 7 heteroatoms. The third-order valence-corrected chi connectivity index (χ3v) is 3.71. The highest BCUT2D eigenvalue weighted by molar-refractivity contribution is 5.39. The Balaban J connectivity index is 1.52. The van der Waals surface area contributed by atoms with Crippen LogP contribution in [0.5, 0.6) is 0 Å². The highest BCUT2D eigenvalue weighted by atomic mass is 16.5. The first-order valence-corrected chi connectivity index (χ1v) is 7.43. The van der Waals surface area contributed by atoms with E-state index in [1.165, 1.54) is 6.42 Å². The van der Waals surface area contributed by atoms with Crippen LogP contribution in [0.2, 0.25) is 0 Å². The molecule has 2 aromatic heterocycles. The zero-order valence-corrected chi connectivity index (χ0v) is 12.2. The molecule has 1 N–H and O–H groups in total. The highest BCUT2D eigenvalue weighted by Crippen LogP contribution is 2.22. The van der Waals surface area contributed by atoms with Crippen molar-refractivity contribution in [2.24, 2.45) is 0 Å². The van der Waals surface area contributed by atoms with E-state index in [9.17, 15) is 0 Å². The topological polar surface area (TPSA) is 80.0 Å². The predicted molar refractivity (Wildman–Crippen MR) is 77.8 cm³/mol. The first-order valence-electron chi connectivity index (χ1n) is 7.43. The quantitative estimate of drug-likeness (QED) is 0.855. The molecule has 3 heterocycles. The molecule has 7 nitrogen and oxygen atoms in total. The largest absolute Gasteiger partial charge is 0.351 e. The number of nitrogens with zero attached hydrogens (tertiary/aromatic N) is 5. The van der Waals surface area contributed by atoms with Crippen molar-refractivity contribution >= 4 is 5.82 Å². The molecule has 0 aromatic carbocycles. The van der Waals surface area contributed by atoms with Crippen LogP contribution in [0.3, 0.4) is 0 Å². The molecule has 1 saturated heterocycles. The van der Waals surface area contributed by atoms with E-state index in [2.05, 4.69) is 30.6 Å². The van der Waals surface area contributed by atoms with Gasteiger partial charge < -0.3 is 14.7 Å². The Morgan fingerprint density at radius 3 is 3.19 bits per heavy atom. The number of nitrogens with one attached hydrogen (secondary N) is 1. The zero-order valence-electron chi connectivity index (χ0n) is 12.2. The van der Waals surface area contributed by atoms with Gasteiger partial charge in [-0.3, -0.25) is 0 Å². The lowest BCUT2D eigenvalue weighted by molar-refractivity contribution is 0.374. The Morgan fingerprint density at radius 1 is 1.48 bits per heavy atom. The minimum absolute atomic E-state index is 0.444. The molecule has 0 bridgehead atoms. The number of hydrogen-bond donors (Lipinski definition) is 1. The second-order valence-corrected chi connectivity index (χ2v) is 5.16. The van der Waals surface area contributed by atoms with Gasteiger partial charge >= 0.3 is 0 Å². The molecule has 3 rings (SSSR count). The van der Waals surface area contributed by atoms with Crippen LogP contribution in [0, 0.1) is 0 Å². The van der Waals surface area contributed by atoms with E-state index in [0.29, 0.717) is 18.5 Å². The zero-order chi connectivity index (χ0) is 14.5. The first-order chi connectivity index (χ1) is 10.4. The van der Waals surface area contributed by atoms with Crippen molar-refractivity contribution in [3.05, 3.63) is 30.0 Å². The molecule has 21 heavy (non-hydrogen) atoms. The van der Waals surface area contributed by atoms with E-state index in [1.807, 2.05) is 19.1 Å². The fourth-order valence-electron chi connectivity index (χ4n) is 2.65. The normalized spacial score (nSPS) is 18.3. The SMILES string of the molecule is CCc1nc(CNC[C@H]2CCCN2c2cccnn2)no1. The van der Waals surface area contributed by atoms with Crippen molar-refractivity contribution in [3.8, 4) is 0 Å². The second-order valence-electron chi connectivity index (χ2n) is 5.16. The number of aromatic nitrogens is 4. The minimum atomic E-state index is 0.444. The maximum atomic E-state index is 5.10. The van der Waals surface area contributed by atoms with Crippen LogP contribution in [-0.2, 0) is 13.0 Å². The molecule has 0 spiro atoms. The second kappa shape index (κ2) is 6.62. The summed E-state index contributed by atoms with van der Waals surface area (Å²) in [4.78, 5) is 6.61. The molecular formula is C14H20N6O. The van der Waals surface area contributed by atoms with E-state index in [-0.39, 0.29) is 0 Å². The molecule has 1 atom stereocenters. The Kier molecular flexibility index (Phi) is 4.40. The van der Waals surface area contributed by atoms with E-state index in [0.717, 1.165) is 37.6 Å². The van der Waals surface area contributed by atoms with Crippen molar-refractivity contribution in [1.82, 2.24) is 25.7 Å². The van der Waals surface area contributed by atoms with Crippen molar-refractivity contribution in [1.29, 1.82) is 0 Å². The smallest absolute Gasteiger partial charge is 0.226 e. The van der Waals surface area contributed by atoms with E-state index < -0.39 is 0 Å². The van der Waals surface area contributed by atoms with Gasteiger partial charge in [0.15, 0.2) is 11.6 Å². The molecule has 0 aliphatic carbocycles. The van der Waals surface area contributed by atoms with Gasteiger partial charge in [0.1, 0.15) is 0 Å². The van der Waals surface area contributed by atoms with E-state index in [1.54, 1.807) is 6.20 Å². The highest BCUT2D eigenvalue weighted by Gasteiger charge is 2.25. The molecule has 0 saturated carbocycles. The average Bonchev–Trinajstić information content (AvgIpc) is 3.17. The lowest BCUT2D eigenvalue weighted by Gasteiger charge is -2.25. The van der Waals surface area contributed by atoms with Crippen LogP contribution in [0.25, 0.3) is 0 Å². The summed E-state index contributed by atoms with van der Waals surface area (Å²) in [7, 11) is 0. The van der Waals surface area contributed by atoms with Crippen molar-refractivity contribution in [2.75, 3.05) is 18.0 Å². The van der Waals surface area contributed by atoms with Crippen LogP contribution in [-0.4, -0.2) is 39.5 Å². The Bertz CT molecular complexity index is 558. The molecule has 1 aliphatic heterocycles. The van der Waals surface area contributed by atoms with Crippen molar-refractivity contribution < 1.29 is 4.52 Å². The van der Waals surface area contributed by atoms with Gasteiger partial charge in [0.05, 0.1) is 6.54 Å². The number of hydrogen-bond acceptors (Lipinski definition) is 7. The minimum Gasteiger partial charge on any atom is -0.351 e. The third-order valence-electron chi connectivity index (χ3n) is 3.71. The third kappa shape index (κ3) is 3.36. The van der Waals surface area contributed by atoms with Gasteiger partial charge in [-0.15, -0.1) is 5.10 Å². The Morgan fingerprint density at radius 2 is 2.43 bits per heavy atom. The molecule has 2 aromatic rings. The fraction of sp³-hybridized carbons (Fsp3) is 0.571. The molecule has 0 amide bonds. The van der Waals surface area contributed by atoms with Gasteiger partial charge in [-0.1, -0.05) is 12.1 Å². The van der Waals surface area contributed by atoms with E-state index >= 15 is 0 Å². The van der Waals surface area contributed by atoms with Crippen molar-refractivity contribution in [3.63, 3.8) is 0 Å². The molecule has 112 valence electrons. The molecule has 0 radical (unpaired) electrons. The summed E-state index contributed by atoms with van der Waals surface area (Å²) in [5.74, 6) is 2.36. The number of rotatable bonds is 6.